The van der Waals surface area contributed by atoms with Crippen LogP contribution in [0.3, 0.4) is 0 Å². The standard InChI is InChI=1S/C29H38N4.ClH/c30-23-9-11-24(12-10-23)32-15-13-25(22-4-3-14-31-18-22)27-19-33(28-6-2-1-5-26(27)28)29-17-20-7-8-21(29)16-20;/h1-6,14,18-21,23-25,29,32H,7-13,15-17,30H2;1H. The zero-order valence-corrected chi connectivity index (χ0v) is 20.9. The Bertz CT molecular complexity index is 1070. The van der Waals surface area contributed by atoms with Gasteiger partial charge in [-0.15, -0.1) is 12.4 Å². The second-order valence-electron chi connectivity index (χ2n) is 10.9. The number of rotatable bonds is 7. The van der Waals surface area contributed by atoms with E-state index in [1.54, 1.807) is 0 Å². The van der Waals surface area contributed by atoms with E-state index in [1.165, 1.54) is 60.6 Å². The van der Waals surface area contributed by atoms with Crippen LogP contribution in [0.15, 0.2) is 55.0 Å². The van der Waals surface area contributed by atoms with Crippen LogP contribution in [0, 0.1) is 11.8 Å². The highest BCUT2D eigenvalue weighted by Gasteiger charge is 2.41. The lowest BCUT2D eigenvalue weighted by molar-refractivity contribution is 0.336. The number of aromatic nitrogens is 2. The molecule has 0 aliphatic heterocycles. The van der Waals surface area contributed by atoms with Crippen molar-refractivity contribution in [3.8, 4) is 0 Å². The van der Waals surface area contributed by atoms with Gasteiger partial charge in [0.15, 0.2) is 0 Å². The molecule has 0 amide bonds. The SMILES string of the molecule is Cl.NC1CCC(NCCC(c2cccnc2)c2cn(C3CC4CCC3C4)c3ccccc23)CC1. The monoisotopic (exact) mass is 478 g/mol. The molecule has 0 spiro atoms. The van der Waals surface area contributed by atoms with Gasteiger partial charge in [0, 0.05) is 53.5 Å². The molecule has 3 N–H and O–H groups in total. The number of nitrogens with one attached hydrogen (secondary N) is 1. The lowest BCUT2D eigenvalue weighted by Gasteiger charge is -2.28. The van der Waals surface area contributed by atoms with Crippen molar-refractivity contribution < 1.29 is 0 Å². The molecule has 3 aromatic rings. The molecule has 0 radical (unpaired) electrons. The zero-order valence-electron chi connectivity index (χ0n) is 20.1. The number of para-hydroxylation sites is 1. The molecule has 2 bridgehead atoms. The summed E-state index contributed by atoms with van der Waals surface area (Å²) in [6, 6.07) is 15.2. The average molecular weight is 479 g/mol. The lowest BCUT2D eigenvalue weighted by Crippen LogP contribution is -2.38. The van der Waals surface area contributed by atoms with Crippen LogP contribution in [0.1, 0.15) is 80.9 Å². The predicted molar refractivity (Wildman–Crippen MR) is 143 cm³/mol. The molecule has 6 rings (SSSR count). The summed E-state index contributed by atoms with van der Waals surface area (Å²) in [6.07, 6.45) is 18.0. The third-order valence-electron chi connectivity index (χ3n) is 8.93. The summed E-state index contributed by atoms with van der Waals surface area (Å²) >= 11 is 0. The molecule has 0 saturated heterocycles. The number of fused-ring (bicyclic) bond motifs is 3. The summed E-state index contributed by atoms with van der Waals surface area (Å²) in [4.78, 5) is 4.49. The summed E-state index contributed by atoms with van der Waals surface area (Å²) in [5.41, 5.74) is 10.4. The fourth-order valence-electron chi connectivity index (χ4n) is 7.17. The Morgan fingerprint density at radius 1 is 1.00 bits per heavy atom. The molecule has 5 heteroatoms. The Kier molecular flexibility index (Phi) is 7.29. The van der Waals surface area contributed by atoms with Gasteiger partial charge in [0.05, 0.1) is 0 Å². The molecular formula is C29H39ClN4. The Labute approximate surface area is 210 Å². The maximum Gasteiger partial charge on any atom is 0.0486 e. The number of hydrogen-bond acceptors (Lipinski definition) is 3. The number of pyridine rings is 1. The van der Waals surface area contributed by atoms with Gasteiger partial charge in [-0.1, -0.05) is 30.7 Å². The molecule has 4 nitrogen and oxygen atoms in total. The van der Waals surface area contributed by atoms with Crippen LogP contribution in [-0.2, 0) is 0 Å². The van der Waals surface area contributed by atoms with E-state index >= 15 is 0 Å². The van der Waals surface area contributed by atoms with Crippen LogP contribution < -0.4 is 11.1 Å². The van der Waals surface area contributed by atoms with E-state index in [0.717, 1.165) is 37.6 Å². The van der Waals surface area contributed by atoms with Crippen LogP contribution in [-0.4, -0.2) is 28.2 Å². The molecule has 2 heterocycles. The van der Waals surface area contributed by atoms with Crippen molar-refractivity contribution >= 4 is 23.3 Å². The Balaban J connectivity index is 0.00000241. The van der Waals surface area contributed by atoms with Crippen LogP contribution in [0.2, 0.25) is 0 Å². The van der Waals surface area contributed by atoms with Gasteiger partial charge in [-0.05, 0) is 93.0 Å². The third-order valence-corrected chi connectivity index (χ3v) is 8.93. The Morgan fingerprint density at radius 2 is 1.85 bits per heavy atom. The van der Waals surface area contributed by atoms with E-state index < -0.39 is 0 Å². The highest BCUT2D eigenvalue weighted by molar-refractivity contribution is 5.85. The number of hydrogen-bond donors (Lipinski definition) is 2. The highest BCUT2D eigenvalue weighted by Crippen LogP contribution is 2.52. The zero-order chi connectivity index (χ0) is 22.2. The first-order valence-corrected chi connectivity index (χ1v) is 13.2. The minimum Gasteiger partial charge on any atom is -0.344 e. The summed E-state index contributed by atoms with van der Waals surface area (Å²) in [5, 5.41) is 5.29. The van der Waals surface area contributed by atoms with Gasteiger partial charge in [-0.2, -0.15) is 0 Å². The normalized spacial score (nSPS) is 29.3. The van der Waals surface area contributed by atoms with Crippen molar-refractivity contribution in [2.24, 2.45) is 17.6 Å². The Hall–Kier alpha value is -1.88. The van der Waals surface area contributed by atoms with Crippen LogP contribution in [0.25, 0.3) is 10.9 Å². The van der Waals surface area contributed by atoms with Gasteiger partial charge in [-0.25, -0.2) is 0 Å². The van der Waals surface area contributed by atoms with Crippen molar-refractivity contribution in [1.29, 1.82) is 0 Å². The maximum atomic E-state index is 6.12. The second-order valence-corrected chi connectivity index (χ2v) is 10.9. The van der Waals surface area contributed by atoms with Crippen molar-refractivity contribution in [3.05, 3.63) is 66.1 Å². The first-order chi connectivity index (χ1) is 16.3. The van der Waals surface area contributed by atoms with Crippen LogP contribution in [0.4, 0.5) is 0 Å². The predicted octanol–water partition coefficient (Wildman–Crippen LogP) is 6.20. The number of benzene rings is 1. The van der Waals surface area contributed by atoms with E-state index in [1.807, 2.05) is 6.20 Å². The van der Waals surface area contributed by atoms with Crippen molar-refractivity contribution in [2.45, 2.75) is 81.8 Å². The van der Waals surface area contributed by atoms with E-state index in [2.05, 4.69) is 63.7 Å². The molecule has 34 heavy (non-hydrogen) atoms. The molecule has 2 aromatic heterocycles. The van der Waals surface area contributed by atoms with Gasteiger partial charge >= 0.3 is 0 Å². The third kappa shape index (κ3) is 4.65. The minimum atomic E-state index is 0. The quantitative estimate of drug-likeness (QED) is 0.425. The van der Waals surface area contributed by atoms with Gasteiger partial charge < -0.3 is 15.6 Å². The smallest absolute Gasteiger partial charge is 0.0486 e. The summed E-state index contributed by atoms with van der Waals surface area (Å²) in [5.74, 6) is 2.18. The first kappa shape index (κ1) is 23.8. The van der Waals surface area contributed by atoms with Gasteiger partial charge in [0.1, 0.15) is 0 Å². The fraction of sp³-hybridized carbons (Fsp3) is 0.552. The van der Waals surface area contributed by atoms with E-state index in [4.69, 9.17) is 5.73 Å². The highest BCUT2D eigenvalue weighted by atomic mass is 35.5. The molecule has 3 saturated carbocycles. The molecule has 3 fully saturated rings. The average Bonchev–Trinajstić information content (AvgIpc) is 3.58. The fourth-order valence-corrected chi connectivity index (χ4v) is 7.17. The largest absolute Gasteiger partial charge is 0.344 e. The van der Waals surface area contributed by atoms with Gasteiger partial charge in [0.25, 0.3) is 0 Å². The molecule has 182 valence electrons. The summed E-state index contributed by atoms with van der Waals surface area (Å²) in [7, 11) is 0. The number of halogens is 1. The summed E-state index contributed by atoms with van der Waals surface area (Å²) in [6.45, 7) is 1.03. The van der Waals surface area contributed by atoms with E-state index in [-0.39, 0.29) is 12.4 Å². The van der Waals surface area contributed by atoms with Crippen LogP contribution >= 0.6 is 12.4 Å². The maximum absolute atomic E-state index is 6.12. The molecule has 1 aromatic carbocycles. The van der Waals surface area contributed by atoms with Crippen LogP contribution in [0.5, 0.6) is 0 Å². The van der Waals surface area contributed by atoms with Gasteiger partial charge in [0.2, 0.25) is 0 Å². The Morgan fingerprint density at radius 3 is 2.59 bits per heavy atom. The van der Waals surface area contributed by atoms with E-state index in [9.17, 15) is 0 Å². The lowest BCUT2D eigenvalue weighted by atomic mass is 9.88. The van der Waals surface area contributed by atoms with Crippen molar-refractivity contribution in [3.63, 3.8) is 0 Å². The number of nitrogens with zero attached hydrogens (tertiary/aromatic N) is 2. The van der Waals surface area contributed by atoms with Crippen molar-refractivity contribution in [1.82, 2.24) is 14.9 Å². The van der Waals surface area contributed by atoms with Crippen molar-refractivity contribution in [2.75, 3.05) is 6.54 Å². The summed E-state index contributed by atoms with van der Waals surface area (Å²) < 4.78 is 2.66. The topological polar surface area (TPSA) is 55.9 Å². The molecular weight excluding hydrogens is 440 g/mol. The molecule has 3 aliphatic carbocycles. The minimum absolute atomic E-state index is 0. The van der Waals surface area contributed by atoms with E-state index in [0.29, 0.717) is 24.0 Å². The molecule has 3 aliphatic rings. The second kappa shape index (κ2) is 10.4. The molecule has 4 unspecified atom stereocenters. The number of nitrogens with two attached hydrogens (primary N) is 1. The molecule has 4 atom stereocenters. The van der Waals surface area contributed by atoms with Gasteiger partial charge in [-0.3, -0.25) is 4.98 Å². The first-order valence-electron chi connectivity index (χ1n) is 13.2.